The lowest BCUT2D eigenvalue weighted by Crippen LogP contribution is -2.26. The first-order valence-electron chi connectivity index (χ1n) is 8.56. The van der Waals surface area contributed by atoms with Crippen molar-refractivity contribution in [1.29, 1.82) is 0 Å². The van der Waals surface area contributed by atoms with Crippen LogP contribution in [0, 0.1) is 33.8 Å². The van der Waals surface area contributed by atoms with Crippen molar-refractivity contribution in [1.82, 2.24) is 0 Å². The average molecular weight is 321 g/mol. The maximum absolute atomic E-state index is 11.0. The van der Waals surface area contributed by atoms with E-state index in [-0.39, 0.29) is 10.9 Å². The van der Waals surface area contributed by atoms with Gasteiger partial charge in [-0.15, -0.1) is 0 Å². The standard InChI is InChI=1S/C18H27NO4/c1-13(19(21)22)11-17-15-10-9-14(12-15)16(17)7-5-3-4-6-8-18(20)23-2/h3,5,9-10,13-17H,4,6-8,11-12H2,1-2H3/b5-3-. The van der Waals surface area contributed by atoms with E-state index in [1.807, 2.05) is 0 Å². The van der Waals surface area contributed by atoms with Gasteiger partial charge in [-0.1, -0.05) is 24.3 Å². The van der Waals surface area contributed by atoms with Crippen LogP contribution in [0.25, 0.3) is 0 Å². The molecular formula is C18H27NO4. The van der Waals surface area contributed by atoms with Gasteiger partial charge in [0.1, 0.15) is 0 Å². The first-order valence-corrected chi connectivity index (χ1v) is 8.56. The van der Waals surface area contributed by atoms with E-state index < -0.39 is 6.04 Å². The van der Waals surface area contributed by atoms with Crippen molar-refractivity contribution in [2.75, 3.05) is 7.11 Å². The summed E-state index contributed by atoms with van der Waals surface area (Å²) in [5, 5.41) is 10.9. The molecule has 0 amide bonds. The third-order valence-electron chi connectivity index (χ3n) is 5.33. The van der Waals surface area contributed by atoms with E-state index in [1.165, 1.54) is 7.11 Å². The number of nitro groups is 1. The summed E-state index contributed by atoms with van der Waals surface area (Å²) in [6, 6.07) is -0.459. The third kappa shape index (κ3) is 4.66. The zero-order chi connectivity index (χ0) is 16.8. The molecule has 2 rings (SSSR count). The number of carbonyl (C=O) groups is 1. The molecule has 0 aromatic rings. The van der Waals surface area contributed by atoms with Crippen LogP contribution in [0.2, 0.25) is 0 Å². The van der Waals surface area contributed by atoms with E-state index in [9.17, 15) is 14.9 Å². The van der Waals surface area contributed by atoms with Crippen molar-refractivity contribution in [3.8, 4) is 0 Å². The van der Waals surface area contributed by atoms with Crippen LogP contribution < -0.4 is 0 Å². The van der Waals surface area contributed by atoms with Crippen molar-refractivity contribution in [3.63, 3.8) is 0 Å². The molecular weight excluding hydrogens is 294 g/mol. The van der Waals surface area contributed by atoms with E-state index in [2.05, 4.69) is 29.0 Å². The molecule has 1 saturated carbocycles. The van der Waals surface area contributed by atoms with Gasteiger partial charge in [0.25, 0.3) is 0 Å². The number of carbonyl (C=O) groups excluding carboxylic acids is 1. The normalized spacial score (nSPS) is 30.0. The predicted octanol–water partition coefficient (Wildman–Crippen LogP) is 3.77. The molecule has 5 unspecified atom stereocenters. The number of ether oxygens (including phenoxy) is 1. The number of fused-ring (bicyclic) bond motifs is 2. The number of rotatable bonds is 9. The fourth-order valence-electron chi connectivity index (χ4n) is 4.04. The average Bonchev–Trinajstić information content (AvgIpc) is 3.12. The fourth-order valence-corrected chi connectivity index (χ4v) is 4.04. The quantitative estimate of drug-likeness (QED) is 0.213. The molecule has 5 heteroatoms. The highest BCUT2D eigenvalue weighted by molar-refractivity contribution is 5.69. The second kappa shape index (κ2) is 8.27. The van der Waals surface area contributed by atoms with Crippen LogP contribution in [0.4, 0.5) is 0 Å². The molecule has 0 radical (unpaired) electrons. The molecule has 0 aromatic carbocycles. The van der Waals surface area contributed by atoms with E-state index in [0.717, 1.165) is 25.7 Å². The summed E-state index contributed by atoms with van der Waals surface area (Å²) >= 11 is 0. The lowest BCUT2D eigenvalue weighted by molar-refractivity contribution is -0.520. The van der Waals surface area contributed by atoms with Crippen molar-refractivity contribution in [2.45, 2.75) is 51.5 Å². The Kier molecular flexibility index (Phi) is 6.37. The monoisotopic (exact) mass is 321 g/mol. The second-order valence-corrected chi connectivity index (χ2v) is 6.82. The second-order valence-electron chi connectivity index (χ2n) is 6.82. The molecule has 2 aliphatic rings. The van der Waals surface area contributed by atoms with Gasteiger partial charge in [0, 0.05) is 24.7 Å². The fraction of sp³-hybridized carbons (Fsp3) is 0.722. The highest BCUT2D eigenvalue weighted by atomic mass is 16.6. The van der Waals surface area contributed by atoms with Crippen LogP contribution in [-0.4, -0.2) is 24.0 Å². The smallest absolute Gasteiger partial charge is 0.305 e. The highest BCUT2D eigenvalue weighted by Crippen LogP contribution is 2.51. The van der Waals surface area contributed by atoms with Gasteiger partial charge in [0.05, 0.1) is 7.11 Å². The Morgan fingerprint density at radius 1 is 1.35 bits per heavy atom. The SMILES string of the molecule is COC(=O)CCC/C=C\CC1C2C=CC(C2)C1CC(C)[N+](=O)[O-]. The van der Waals surface area contributed by atoms with E-state index in [1.54, 1.807) is 6.92 Å². The van der Waals surface area contributed by atoms with Gasteiger partial charge in [-0.2, -0.15) is 0 Å². The van der Waals surface area contributed by atoms with Crippen molar-refractivity contribution >= 4 is 5.97 Å². The van der Waals surface area contributed by atoms with Gasteiger partial charge < -0.3 is 4.74 Å². The Hall–Kier alpha value is -1.65. The van der Waals surface area contributed by atoms with Crippen LogP contribution in [0.5, 0.6) is 0 Å². The summed E-state index contributed by atoms with van der Waals surface area (Å²) in [7, 11) is 1.41. The van der Waals surface area contributed by atoms with Crippen LogP contribution in [0.1, 0.15) is 45.4 Å². The summed E-state index contributed by atoms with van der Waals surface area (Å²) in [5.74, 6) is 1.92. The largest absolute Gasteiger partial charge is 0.469 e. The molecule has 23 heavy (non-hydrogen) atoms. The molecule has 5 atom stereocenters. The Bertz CT molecular complexity index is 485. The number of allylic oxidation sites excluding steroid dienone is 4. The molecule has 2 bridgehead atoms. The van der Waals surface area contributed by atoms with E-state index in [4.69, 9.17) is 0 Å². The van der Waals surface area contributed by atoms with Gasteiger partial charge in [-0.25, -0.2) is 0 Å². The van der Waals surface area contributed by atoms with Crippen LogP contribution in [-0.2, 0) is 9.53 Å². The molecule has 2 aliphatic carbocycles. The molecule has 0 aromatic heterocycles. The summed E-state index contributed by atoms with van der Waals surface area (Å²) in [6.45, 7) is 1.72. The summed E-state index contributed by atoms with van der Waals surface area (Å²) in [4.78, 5) is 21.8. The van der Waals surface area contributed by atoms with Gasteiger partial charge in [0.2, 0.25) is 6.04 Å². The van der Waals surface area contributed by atoms with Crippen LogP contribution in [0.15, 0.2) is 24.3 Å². The van der Waals surface area contributed by atoms with Gasteiger partial charge >= 0.3 is 5.97 Å². The third-order valence-corrected chi connectivity index (χ3v) is 5.33. The van der Waals surface area contributed by atoms with Gasteiger partial charge in [-0.3, -0.25) is 14.9 Å². The zero-order valence-electron chi connectivity index (χ0n) is 14.0. The molecule has 1 fully saturated rings. The molecule has 0 spiro atoms. The Labute approximate surface area is 137 Å². The van der Waals surface area contributed by atoms with Crippen molar-refractivity contribution in [3.05, 3.63) is 34.4 Å². The minimum absolute atomic E-state index is 0.157. The summed E-state index contributed by atoms with van der Waals surface area (Å²) in [6.07, 6.45) is 13.9. The van der Waals surface area contributed by atoms with Gasteiger partial charge in [-0.05, 0) is 49.4 Å². The topological polar surface area (TPSA) is 69.4 Å². The maximum atomic E-state index is 11.0. The number of hydrogen-bond acceptors (Lipinski definition) is 4. The lowest BCUT2D eigenvalue weighted by Gasteiger charge is -2.27. The summed E-state index contributed by atoms with van der Waals surface area (Å²) in [5.41, 5.74) is 0. The van der Waals surface area contributed by atoms with Crippen molar-refractivity contribution < 1.29 is 14.5 Å². The Morgan fingerprint density at radius 3 is 2.70 bits per heavy atom. The molecule has 0 saturated heterocycles. The molecule has 128 valence electrons. The van der Waals surface area contributed by atoms with E-state index in [0.29, 0.717) is 36.5 Å². The number of nitrogens with zero attached hydrogens (tertiary/aromatic N) is 1. The Balaban J connectivity index is 1.79. The Morgan fingerprint density at radius 2 is 2.04 bits per heavy atom. The molecule has 0 heterocycles. The number of methoxy groups -OCH3 is 1. The molecule has 0 aliphatic heterocycles. The van der Waals surface area contributed by atoms with E-state index >= 15 is 0 Å². The minimum atomic E-state index is -0.459. The number of esters is 1. The van der Waals surface area contributed by atoms with Gasteiger partial charge in [0.15, 0.2) is 0 Å². The predicted molar refractivity (Wildman–Crippen MR) is 88.4 cm³/mol. The highest BCUT2D eigenvalue weighted by Gasteiger charge is 2.45. The first kappa shape index (κ1) is 17.7. The molecule has 5 nitrogen and oxygen atoms in total. The number of unbranched alkanes of at least 4 members (excludes halogenated alkanes) is 1. The van der Waals surface area contributed by atoms with Crippen LogP contribution in [0.3, 0.4) is 0 Å². The van der Waals surface area contributed by atoms with Crippen molar-refractivity contribution in [2.24, 2.45) is 23.7 Å². The lowest BCUT2D eigenvalue weighted by atomic mass is 9.77. The number of hydrogen-bond donors (Lipinski definition) is 0. The molecule has 0 N–H and O–H groups in total. The maximum Gasteiger partial charge on any atom is 0.305 e. The minimum Gasteiger partial charge on any atom is -0.469 e. The first-order chi connectivity index (χ1) is 11.0. The summed E-state index contributed by atoms with van der Waals surface area (Å²) < 4.78 is 4.62. The zero-order valence-corrected chi connectivity index (χ0v) is 14.0. The van der Waals surface area contributed by atoms with Crippen LogP contribution >= 0.6 is 0 Å².